The maximum absolute atomic E-state index is 12.5. The van der Waals surface area contributed by atoms with E-state index in [0.717, 1.165) is 57.8 Å². The number of nitrogens with one attached hydrogen (secondary N) is 1. The van der Waals surface area contributed by atoms with Crippen LogP contribution >= 0.6 is 0 Å². The maximum Gasteiger partial charge on any atom is 0.220 e. The minimum Gasteiger partial charge on any atom is -0.394 e. The molecule has 0 aromatic carbocycles. The van der Waals surface area contributed by atoms with Crippen LogP contribution in [0.1, 0.15) is 354 Å². The molecule has 0 aliphatic rings. The number of aliphatic hydroxyl groups excluding tert-OH is 2. The lowest BCUT2D eigenvalue weighted by molar-refractivity contribution is -0.123. The zero-order chi connectivity index (χ0) is 54.1. The van der Waals surface area contributed by atoms with Gasteiger partial charge in [0.25, 0.3) is 0 Å². The lowest BCUT2D eigenvalue weighted by Crippen LogP contribution is -2.45. The van der Waals surface area contributed by atoms with Gasteiger partial charge in [-0.3, -0.25) is 4.79 Å². The van der Waals surface area contributed by atoms with E-state index in [1.165, 1.54) is 276 Å². The van der Waals surface area contributed by atoms with Crippen molar-refractivity contribution in [2.24, 2.45) is 0 Å². The van der Waals surface area contributed by atoms with Crippen molar-refractivity contribution in [3.05, 3.63) is 72.9 Å². The Balaban J connectivity index is 3.47. The summed E-state index contributed by atoms with van der Waals surface area (Å²) in [7, 11) is 0. The molecule has 0 radical (unpaired) electrons. The molecule has 0 aromatic rings. The van der Waals surface area contributed by atoms with E-state index in [2.05, 4.69) is 79.9 Å². The second-order valence-electron chi connectivity index (χ2n) is 22.9. The minimum absolute atomic E-state index is 0.0698. The van der Waals surface area contributed by atoms with Gasteiger partial charge in [0.15, 0.2) is 0 Å². The summed E-state index contributed by atoms with van der Waals surface area (Å²) in [6.07, 6.45) is 95.5. The first-order chi connectivity index (χ1) is 37.2. The van der Waals surface area contributed by atoms with Gasteiger partial charge in [-0.25, -0.2) is 0 Å². The summed E-state index contributed by atoms with van der Waals surface area (Å²) in [6.45, 7) is 4.22. The van der Waals surface area contributed by atoms with Gasteiger partial charge in [-0.15, -0.1) is 0 Å². The van der Waals surface area contributed by atoms with Crippen LogP contribution in [0, 0.1) is 0 Å². The monoisotopic (exact) mass is 1050 g/mol. The number of hydrogen-bond acceptors (Lipinski definition) is 3. The first-order valence-corrected chi connectivity index (χ1v) is 33.7. The molecule has 0 rings (SSSR count). The zero-order valence-corrected chi connectivity index (χ0v) is 50.6. The van der Waals surface area contributed by atoms with Gasteiger partial charge >= 0.3 is 0 Å². The molecule has 3 N–H and O–H groups in total. The zero-order valence-electron chi connectivity index (χ0n) is 50.6. The molecule has 0 aliphatic heterocycles. The number of carbonyl (C=O) groups is 1. The van der Waals surface area contributed by atoms with E-state index >= 15 is 0 Å². The smallest absolute Gasteiger partial charge is 0.220 e. The van der Waals surface area contributed by atoms with Crippen molar-refractivity contribution in [1.82, 2.24) is 5.32 Å². The van der Waals surface area contributed by atoms with E-state index in [4.69, 9.17) is 0 Å². The molecule has 4 nitrogen and oxygen atoms in total. The third-order valence-electron chi connectivity index (χ3n) is 15.4. The van der Waals surface area contributed by atoms with E-state index in [0.29, 0.717) is 6.42 Å². The third kappa shape index (κ3) is 62.6. The first kappa shape index (κ1) is 72.8. The van der Waals surface area contributed by atoms with Gasteiger partial charge in [0.2, 0.25) is 5.91 Å². The summed E-state index contributed by atoms with van der Waals surface area (Å²) < 4.78 is 0. The van der Waals surface area contributed by atoms with Gasteiger partial charge in [-0.05, 0) is 70.6 Å². The Labute approximate surface area is 469 Å². The lowest BCUT2D eigenvalue weighted by Gasteiger charge is -2.19. The van der Waals surface area contributed by atoms with E-state index < -0.39 is 12.1 Å². The summed E-state index contributed by atoms with van der Waals surface area (Å²) in [5, 5.41) is 23.3. The number of amides is 1. The second-order valence-corrected chi connectivity index (χ2v) is 22.9. The van der Waals surface area contributed by atoms with Crippen LogP contribution in [0.2, 0.25) is 0 Å². The first-order valence-electron chi connectivity index (χ1n) is 33.7. The van der Waals surface area contributed by atoms with Gasteiger partial charge in [-0.1, -0.05) is 350 Å². The van der Waals surface area contributed by atoms with Crippen LogP contribution in [0.5, 0.6) is 0 Å². The standard InChI is InChI=1S/C71H131NO3/c1-3-5-7-9-11-13-15-17-19-21-23-25-27-29-31-33-35-37-38-40-42-44-46-48-50-52-54-56-58-60-62-64-66-70(74)69(68-73)72-71(75)67-65-63-61-59-57-55-53-51-49-47-45-43-41-39-36-34-32-30-28-26-24-22-20-18-16-14-12-10-8-6-4-2/h6,8,12,14,18,20,24,26,56,58,64,66,69-70,73-74H,3-5,7,9-11,13,15-17,19,21-23,25,27-55,57,59-63,65,67-68H2,1-2H3,(H,72,75)/b8-6-,14-12-,20-18-,26-24-,58-56+,66-64+. The molecule has 0 aliphatic carbocycles. The van der Waals surface area contributed by atoms with Crippen molar-refractivity contribution in [3.8, 4) is 0 Å². The molecule has 0 saturated heterocycles. The van der Waals surface area contributed by atoms with Crippen LogP contribution in [0.3, 0.4) is 0 Å². The Morgan fingerprint density at radius 3 is 0.933 bits per heavy atom. The fourth-order valence-electron chi connectivity index (χ4n) is 10.4. The van der Waals surface area contributed by atoms with Crippen molar-refractivity contribution in [2.75, 3.05) is 6.61 Å². The topological polar surface area (TPSA) is 69.6 Å². The number of unbranched alkanes of at least 4 members (excludes halogenated alkanes) is 45. The number of allylic oxidation sites excluding steroid dienone is 11. The van der Waals surface area contributed by atoms with Crippen molar-refractivity contribution in [2.45, 2.75) is 366 Å². The Hall–Kier alpha value is -2.17. The summed E-state index contributed by atoms with van der Waals surface area (Å²) in [6, 6.07) is -0.643. The molecule has 1 amide bonds. The number of hydrogen-bond donors (Lipinski definition) is 3. The number of carbonyl (C=O) groups excluding carboxylic acids is 1. The highest BCUT2D eigenvalue weighted by Crippen LogP contribution is 2.18. The largest absolute Gasteiger partial charge is 0.394 e. The summed E-state index contributed by atoms with van der Waals surface area (Å²) in [4.78, 5) is 12.5. The molecule has 438 valence electrons. The van der Waals surface area contributed by atoms with Crippen LogP contribution in [0.4, 0.5) is 0 Å². The highest BCUT2D eigenvalue weighted by molar-refractivity contribution is 5.76. The van der Waals surface area contributed by atoms with Gasteiger partial charge in [0, 0.05) is 6.42 Å². The van der Waals surface area contributed by atoms with E-state index in [9.17, 15) is 15.0 Å². The van der Waals surface area contributed by atoms with E-state index in [1.54, 1.807) is 6.08 Å². The van der Waals surface area contributed by atoms with Crippen molar-refractivity contribution >= 4 is 5.91 Å². The second kappa shape index (κ2) is 66.1. The lowest BCUT2D eigenvalue weighted by atomic mass is 10.0. The predicted octanol–water partition coefficient (Wildman–Crippen LogP) is 22.9. The average molecular weight is 1050 g/mol. The average Bonchev–Trinajstić information content (AvgIpc) is 3.41. The highest BCUT2D eigenvalue weighted by Gasteiger charge is 2.18. The molecule has 0 fully saturated rings. The third-order valence-corrected chi connectivity index (χ3v) is 15.4. The predicted molar refractivity (Wildman–Crippen MR) is 336 cm³/mol. The van der Waals surface area contributed by atoms with Crippen LogP contribution in [-0.2, 0) is 4.79 Å². The normalized spacial score (nSPS) is 13.2. The van der Waals surface area contributed by atoms with Crippen LogP contribution < -0.4 is 5.32 Å². The fraction of sp³-hybridized carbons (Fsp3) is 0.817. The van der Waals surface area contributed by atoms with Gasteiger partial charge in [-0.2, -0.15) is 0 Å². The molecular weight excluding hydrogens is 915 g/mol. The molecule has 2 unspecified atom stereocenters. The fourth-order valence-corrected chi connectivity index (χ4v) is 10.4. The van der Waals surface area contributed by atoms with Crippen molar-refractivity contribution in [3.63, 3.8) is 0 Å². The molecule has 2 atom stereocenters. The van der Waals surface area contributed by atoms with Gasteiger partial charge < -0.3 is 15.5 Å². The summed E-state index contributed by atoms with van der Waals surface area (Å²) in [5.41, 5.74) is 0. The summed E-state index contributed by atoms with van der Waals surface area (Å²) in [5.74, 6) is -0.0698. The Morgan fingerprint density at radius 1 is 0.333 bits per heavy atom. The van der Waals surface area contributed by atoms with Crippen molar-refractivity contribution in [1.29, 1.82) is 0 Å². The van der Waals surface area contributed by atoms with Crippen LogP contribution in [0.25, 0.3) is 0 Å². The van der Waals surface area contributed by atoms with Crippen LogP contribution in [0.15, 0.2) is 72.9 Å². The molecule has 0 spiro atoms. The summed E-state index contributed by atoms with van der Waals surface area (Å²) >= 11 is 0. The van der Waals surface area contributed by atoms with Gasteiger partial charge in [0.1, 0.15) is 0 Å². The van der Waals surface area contributed by atoms with Crippen LogP contribution in [-0.4, -0.2) is 34.9 Å². The minimum atomic E-state index is -0.866. The van der Waals surface area contributed by atoms with E-state index in [-0.39, 0.29) is 12.5 Å². The SMILES string of the molecule is CC/C=C\C/C=C\C/C=C\C/C=C\CCCCCCCCCCCCCCCCCCCCC(=O)NC(CO)C(O)/C=C/CC/C=C/CCCCCCCCCCCCCCCCCCCCCCCCCCCC. The Kier molecular flexibility index (Phi) is 64.2. The molecule has 4 heteroatoms. The maximum atomic E-state index is 12.5. The Bertz CT molecular complexity index is 1280. The van der Waals surface area contributed by atoms with Crippen molar-refractivity contribution < 1.29 is 15.0 Å². The number of rotatable bonds is 62. The molecule has 0 aromatic heterocycles. The molecule has 0 bridgehead atoms. The molecule has 0 saturated carbocycles. The number of aliphatic hydroxyl groups is 2. The molecule has 0 heterocycles. The molecular formula is C71H131NO3. The quantitative estimate of drug-likeness (QED) is 0.0420. The van der Waals surface area contributed by atoms with Gasteiger partial charge in [0.05, 0.1) is 18.8 Å². The molecule has 75 heavy (non-hydrogen) atoms. The highest BCUT2D eigenvalue weighted by atomic mass is 16.3. The Morgan fingerprint density at radius 2 is 0.600 bits per heavy atom. The van der Waals surface area contributed by atoms with E-state index in [1.807, 2.05) is 6.08 Å².